The van der Waals surface area contributed by atoms with Crippen LogP contribution in [0.1, 0.15) is 6.92 Å². The molecule has 0 aliphatic carbocycles. The number of fused-ring (bicyclic) bond motifs is 1. The van der Waals surface area contributed by atoms with Crippen molar-refractivity contribution < 1.29 is 0 Å². The Balaban J connectivity index is 1.83. The van der Waals surface area contributed by atoms with E-state index in [9.17, 15) is 0 Å². The third-order valence-electron chi connectivity index (χ3n) is 2.65. The van der Waals surface area contributed by atoms with Gasteiger partial charge in [-0.15, -0.1) is 6.42 Å². The maximum atomic E-state index is 5.23. The summed E-state index contributed by atoms with van der Waals surface area (Å²) in [6.45, 7) is 4.67. The van der Waals surface area contributed by atoms with E-state index in [1.807, 2.05) is 25.1 Å². The highest BCUT2D eigenvalue weighted by Gasteiger charge is 2.01. The molecule has 0 aliphatic heterocycles. The second-order valence-electron chi connectivity index (χ2n) is 4.23. The van der Waals surface area contributed by atoms with Crippen LogP contribution in [0.5, 0.6) is 0 Å². The highest BCUT2D eigenvalue weighted by Crippen LogP contribution is 2.24. The van der Waals surface area contributed by atoms with Crippen molar-refractivity contribution in [2.24, 2.45) is 4.99 Å². The summed E-state index contributed by atoms with van der Waals surface area (Å²) in [6, 6.07) is 8.11. The first-order chi connectivity index (χ1) is 10.3. The van der Waals surface area contributed by atoms with Crippen molar-refractivity contribution in [3.05, 3.63) is 24.3 Å². The maximum absolute atomic E-state index is 5.23. The predicted octanol–water partition coefficient (Wildman–Crippen LogP) is 1.90. The quantitative estimate of drug-likeness (QED) is 0.330. The molecule has 0 unspecified atom stereocenters. The molecule has 0 aliphatic rings. The maximum Gasteiger partial charge on any atom is 0.192 e. The lowest BCUT2D eigenvalue weighted by Crippen LogP contribution is -2.37. The first-order valence-corrected chi connectivity index (χ1v) is 7.70. The number of rotatable bonds is 6. The van der Waals surface area contributed by atoms with Crippen molar-refractivity contribution in [3.8, 4) is 12.3 Å². The molecule has 1 aromatic carbocycles. The molecule has 0 saturated carbocycles. The average Bonchev–Trinajstić information content (AvgIpc) is 2.91. The number of guanidine groups is 1. The number of hydrogen-bond donors (Lipinski definition) is 3. The second-order valence-corrected chi connectivity index (χ2v) is 5.26. The number of aliphatic imine (C=N–C) groups is 1. The number of para-hydroxylation sites is 1. The molecular formula is C15H19N5S. The van der Waals surface area contributed by atoms with Crippen LogP contribution in [0.2, 0.25) is 0 Å². The van der Waals surface area contributed by atoms with Gasteiger partial charge in [0, 0.05) is 13.1 Å². The molecule has 0 bridgehead atoms. The first kappa shape index (κ1) is 15.1. The molecular weight excluding hydrogens is 282 g/mol. The molecule has 2 aromatic rings. The van der Waals surface area contributed by atoms with E-state index in [1.54, 1.807) is 11.3 Å². The van der Waals surface area contributed by atoms with Crippen molar-refractivity contribution in [1.82, 2.24) is 15.6 Å². The topological polar surface area (TPSA) is 61.3 Å². The smallest absolute Gasteiger partial charge is 0.192 e. The largest absolute Gasteiger partial charge is 0.360 e. The number of hydrogen-bond acceptors (Lipinski definition) is 4. The summed E-state index contributed by atoms with van der Waals surface area (Å²) in [7, 11) is 0. The molecule has 1 heterocycles. The zero-order valence-electron chi connectivity index (χ0n) is 12.0. The third-order valence-corrected chi connectivity index (χ3v) is 3.65. The number of terminal acetylenes is 1. The van der Waals surface area contributed by atoms with E-state index in [2.05, 4.69) is 37.9 Å². The number of anilines is 1. The van der Waals surface area contributed by atoms with E-state index < -0.39 is 0 Å². The zero-order chi connectivity index (χ0) is 14.9. The summed E-state index contributed by atoms with van der Waals surface area (Å²) >= 11 is 1.65. The van der Waals surface area contributed by atoms with Crippen LogP contribution in [0.4, 0.5) is 5.13 Å². The molecule has 0 spiro atoms. The van der Waals surface area contributed by atoms with Crippen LogP contribution in [-0.4, -0.2) is 37.1 Å². The van der Waals surface area contributed by atoms with E-state index in [1.165, 1.54) is 4.70 Å². The van der Waals surface area contributed by atoms with Gasteiger partial charge in [-0.2, -0.15) is 0 Å². The summed E-state index contributed by atoms with van der Waals surface area (Å²) in [6.07, 6.45) is 5.23. The van der Waals surface area contributed by atoms with Gasteiger partial charge in [0.05, 0.1) is 23.3 Å². The van der Waals surface area contributed by atoms with Crippen molar-refractivity contribution >= 4 is 32.6 Å². The molecule has 0 fully saturated rings. The number of thiazole rings is 1. The van der Waals surface area contributed by atoms with Gasteiger partial charge in [-0.05, 0) is 19.1 Å². The SMILES string of the molecule is C#CCNC(=NCCNc1nc2ccccc2s1)NCC. The summed E-state index contributed by atoms with van der Waals surface area (Å²) in [5.74, 6) is 3.27. The lowest BCUT2D eigenvalue weighted by molar-refractivity contribution is 0.865. The summed E-state index contributed by atoms with van der Waals surface area (Å²) in [5, 5.41) is 10.4. The number of nitrogens with zero attached hydrogens (tertiary/aromatic N) is 2. The summed E-state index contributed by atoms with van der Waals surface area (Å²) in [5.41, 5.74) is 1.03. The molecule has 110 valence electrons. The fraction of sp³-hybridized carbons (Fsp3) is 0.333. The van der Waals surface area contributed by atoms with Crippen LogP contribution >= 0.6 is 11.3 Å². The van der Waals surface area contributed by atoms with Crippen LogP contribution in [0, 0.1) is 12.3 Å². The van der Waals surface area contributed by atoms with Crippen LogP contribution in [0.15, 0.2) is 29.3 Å². The average molecular weight is 301 g/mol. The number of benzene rings is 1. The monoisotopic (exact) mass is 301 g/mol. The molecule has 0 radical (unpaired) electrons. The number of nitrogens with one attached hydrogen (secondary N) is 3. The molecule has 3 N–H and O–H groups in total. The van der Waals surface area contributed by atoms with Gasteiger partial charge in [-0.25, -0.2) is 4.98 Å². The zero-order valence-corrected chi connectivity index (χ0v) is 12.8. The molecule has 6 heteroatoms. The Kier molecular flexibility index (Phi) is 5.85. The van der Waals surface area contributed by atoms with Gasteiger partial charge in [0.15, 0.2) is 11.1 Å². The lowest BCUT2D eigenvalue weighted by atomic mass is 10.3. The van der Waals surface area contributed by atoms with Gasteiger partial charge in [0.1, 0.15) is 0 Å². The van der Waals surface area contributed by atoms with Crippen molar-refractivity contribution in [1.29, 1.82) is 0 Å². The van der Waals surface area contributed by atoms with Gasteiger partial charge >= 0.3 is 0 Å². The minimum absolute atomic E-state index is 0.469. The molecule has 2 rings (SSSR count). The van der Waals surface area contributed by atoms with Crippen molar-refractivity contribution in [2.75, 3.05) is 31.5 Å². The van der Waals surface area contributed by atoms with Crippen LogP contribution in [-0.2, 0) is 0 Å². The molecule has 5 nitrogen and oxygen atoms in total. The second kappa shape index (κ2) is 8.12. The standard InChI is InChI=1S/C15H19N5S/c1-3-9-17-14(16-4-2)18-10-11-19-15-20-12-7-5-6-8-13(12)21-15/h1,5-8H,4,9-11H2,2H3,(H,19,20)(H2,16,17,18). The van der Waals surface area contributed by atoms with Crippen LogP contribution in [0.3, 0.4) is 0 Å². The first-order valence-electron chi connectivity index (χ1n) is 6.88. The minimum atomic E-state index is 0.469. The van der Waals surface area contributed by atoms with Crippen molar-refractivity contribution in [2.45, 2.75) is 6.92 Å². The molecule has 0 atom stereocenters. The summed E-state index contributed by atoms with van der Waals surface area (Å²) in [4.78, 5) is 8.95. The van der Waals surface area contributed by atoms with Crippen LogP contribution < -0.4 is 16.0 Å². The summed E-state index contributed by atoms with van der Waals surface area (Å²) < 4.78 is 1.19. The highest BCUT2D eigenvalue weighted by atomic mass is 32.1. The van der Waals surface area contributed by atoms with Gasteiger partial charge in [0.2, 0.25) is 0 Å². The Bertz CT molecular complexity index is 608. The minimum Gasteiger partial charge on any atom is -0.360 e. The molecule has 0 saturated heterocycles. The van der Waals surface area contributed by atoms with E-state index in [4.69, 9.17) is 6.42 Å². The molecule has 1 aromatic heterocycles. The number of aromatic nitrogens is 1. The van der Waals surface area contributed by atoms with Gasteiger partial charge < -0.3 is 16.0 Å². The Morgan fingerprint density at radius 3 is 3.00 bits per heavy atom. The Hall–Kier alpha value is -2.26. The lowest BCUT2D eigenvalue weighted by Gasteiger charge is -2.08. The molecule has 21 heavy (non-hydrogen) atoms. The van der Waals surface area contributed by atoms with E-state index in [-0.39, 0.29) is 0 Å². The predicted molar refractivity (Wildman–Crippen MR) is 90.9 cm³/mol. The van der Waals surface area contributed by atoms with Gasteiger partial charge in [-0.3, -0.25) is 4.99 Å². The Morgan fingerprint density at radius 2 is 2.24 bits per heavy atom. The molecule has 0 amide bonds. The van der Waals surface area contributed by atoms with E-state index in [0.717, 1.165) is 29.7 Å². The highest BCUT2D eigenvalue weighted by molar-refractivity contribution is 7.22. The van der Waals surface area contributed by atoms with Gasteiger partial charge in [-0.1, -0.05) is 29.4 Å². The fourth-order valence-electron chi connectivity index (χ4n) is 1.75. The van der Waals surface area contributed by atoms with Gasteiger partial charge in [0.25, 0.3) is 0 Å². The third kappa shape index (κ3) is 4.65. The van der Waals surface area contributed by atoms with E-state index >= 15 is 0 Å². The van der Waals surface area contributed by atoms with E-state index in [0.29, 0.717) is 13.1 Å². The Labute approximate surface area is 128 Å². The fourth-order valence-corrected chi connectivity index (χ4v) is 2.65. The van der Waals surface area contributed by atoms with Crippen molar-refractivity contribution in [3.63, 3.8) is 0 Å². The Morgan fingerprint density at radius 1 is 1.38 bits per heavy atom. The normalized spacial score (nSPS) is 11.1. The van der Waals surface area contributed by atoms with Crippen LogP contribution in [0.25, 0.3) is 10.2 Å².